The second-order valence-electron chi connectivity index (χ2n) is 4.10. The molecule has 0 fully saturated rings. The molecule has 0 atom stereocenters. The molecule has 6 nitrogen and oxygen atoms in total. The van der Waals surface area contributed by atoms with Crippen molar-refractivity contribution < 1.29 is 17.9 Å². The molecular weight excluding hydrogens is 348 g/mol. The van der Waals surface area contributed by atoms with E-state index >= 15 is 0 Å². The van der Waals surface area contributed by atoms with Crippen LogP contribution in [0.3, 0.4) is 0 Å². The van der Waals surface area contributed by atoms with Crippen LogP contribution in [-0.4, -0.2) is 18.5 Å². The van der Waals surface area contributed by atoms with E-state index in [9.17, 15) is 8.42 Å². The Morgan fingerprint density at radius 3 is 2.80 bits per heavy atom. The third kappa shape index (κ3) is 3.45. The largest absolute Gasteiger partial charge is 0.450 e. The highest BCUT2D eigenvalue weighted by Crippen LogP contribution is 2.26. The molecule has 2 aromatic rings. The minimum atomic E-state index is -3.73. The van der Waals surface area contributed by atoms with Gasteiger partial charge in [0.05, 0.1) is 12.2 Å². The van der Waals surface area contributed by atoms with Gasteiger partial charge in [-0.1, -0.05) is 6.07 Å². The van der Waals surface area contributed by atoms with Crippen molar-refractivity contribution in [3.8, 4) is 0 Å². The summed E-state index contributed by atoms with van der Waals surface area (Å²) in [5.74, 6) is 0.172. The molecule has 2 aromatic heterocycles. The molecule has 108 valence electrons. The molecule has 2 rings (SSSR count). The lowest BCUT2D eigenvalue weighted by atomic mass is 10.3. The van der Waals surface area contributed by atoms with Crippen molar-refractivity contribution in [2.45, 2.75) is 25.0 Å². The summed E-state index contributed by atoms with van der Waals surface area (Å²) in [5.41, 5.74) is 1.43. The molecule has 0 amide bonds. The fourth-order valence-electron chi connectivity index (χ4n) is 1.60. The Hall–Kier alpha value is -1.22. The maximum absolute atomic E-state index is 12.1. The molecule has 0 saturated heterocycles. The van der Waals surface area contributed by atoms with Gasteiger partial charge in [-0.2, -0.15) is 0 Å². The number of pyridine rings is 1. The van der Waals surface area contributed by atoms with Crippen LogP contribution in [0.4, 0.5) is 0 Å². The van der Waals surface area contributed by atoms with Gasteiger partial charge in [0.15, 0.2) is 4.67 Å². The van der Waals surface area contributed by atoms with Crippen molar-refractivity contribution in [1.82, 2.24) is 9.71 Å². The van der Waals surface area contributed by atoms with E-state index in [2.05, 4.69) is 25.6 Å². The first-order valence-corrected chi connectivity index (χ1v) is 8.01. The van der Waals surface area contributed by atoms with Gasteiger partial charge in [-0.15, -0.1) is 0 Å². The number of sulfonamides is 1. The summed E-state index contributed by atoms with van der Waals surface area (Å²) >= 11 is 3.02. The molecule has 2 N–H and O–H groups in total. The summed E-state index contributed by atoms with van der Waals surface area (Å²) in [6, 6.07) is 6.65. The zero-order chi connectivity index (χ0) is 14.8. The lowest BCUT2D eigenvalue weighted by molar-refractivity contribution is 0.245. The average molecular weight is 361 g/mol. The third-order valence-electron chi connectivity index (χ3n) is 2.54. The Kier molecular flexibility index (Phi) is 4.59. The second kappa shape index (κ2) is 6.04. The normalized spacial score (nSPS) is 11.8. The Balaban J connectivity index is 2.17. The zero-order valence-electron chi connectivity index (χ0n) is 10.6. The van der Waals surface area contributed by atoms with E-state index in [1.54, 1.807) is 6.07 Å². The highest BCUT2D eigenvalue weighted by atomic mass is 79.9. The third-order valence-corrected chi connectivity index (χ3v) is 4.80. The predicted octanol–water partition coefficient (Wildman–Crippen LogP) is 1.72. The summed E-state index contributed by atoms with van der Waals surface area (Å²) in [6.07, 6.45) is 0. The van der Waals surface area contributed by atoms with Gasteiger partial charge >= 0.3 is 0 Å². The van der Waals surface area contributed by atoms with Crippen LogP contribution in [-0.2, 0) is 23.2 Å². The van der Waals surface area contributed by atoms with Crippen molar-refractivity contribution in [3.63, 3.8) is 0 Å². The van der Waals surface area contributed by atoms with Crippen LogP contribution in [0.25, 0.3) is 0 Å². The quantitative estimate of drug-likeness (QED) is 0.846. The number of aromatic nitrogens is 1. The maximum atomic E-state index is 12.1. The first-order chi connectivity index (χ1) is 9.42. The van der Waals surface area contributed by atoms with Gasteiger partial charge in [0.2, 0.25) is 10.0 Å². The van der Waals surface area contributed by atoms with Gasteiger partial charge in [-0.05, 0) is 35.0 Å². The lowest BCUT2D eigenvalue weighted by Gasteiger charge is -2.05. The smallest absolute Gasteiger partial charge is 0.245 e. The van der Waals surface area contributed by atoms with Crippen molar-refractivity contribution in [2.24, 2.45) is 0 Å². The number of aryl methyl sites for hydroxylation is 1. The molecule has 8 heteroatoms. The number of nitrogens with zero attached hydrogens (tertiary/aromatic N) is 1. The summed E-state index contributed by atoms with van der Waals surface area (Å²) in [5, 5.41) is 8.94. The van der Waals surface area contributed by atoms with E-state index in [0.717, 1.165) is 5.69 Å². The Morgan fingerprint density at radius 2 is 2.20 bits per heavy atom. The highest BCUT2D eigenvalue weighted by molar-refractivity contribution is 9.10. The fraction of sp³-hybridized carbons (Fsp3) is 0.250. The summed E-state index contributed by atoms with van der Waals surface area (Å²) < 4.78 is 31.8. The van der Waals surface area contributed by atoms with Gasteiger partial charge < -0.3 is 9.52 Å². The predicted molar refractivity (Wildman–Crippen MR) is 75.3 cm³/mol. The van der Waals surface area contributed by atoms with Crippen molar-refractivity contribution in [2.75, 3.05) is 0 Å². The molecule has 0 radical (unpaired) electrons. The van der Waals surface area contributed by atoms with Crippen molar-refractivity contribution in [3.05, 3.63) is 46.1 Å². The SMILES string of the molecule is Cc1cccc(CNS(=O)(=O)c2cc(CO)oc2Br)n1. The molecular formula is C12H13BrN2O4S. The number of aliphatic hydroxyl groups excluding tert-OH is 1. The van der Waals surface area contributed by atoms with Crippen LogP contribution in [0.2, 0.25) is 0 Å². The van der Waals surface area contributed by atoms with E-state index in [1.165, 1.54) is 6.07 Å². The van der Waals surface area contributed by atoms with Crippen LogP contribution in [0.5, 0.6) is 0 Å². The van der Waals surface area contributed by atoms with Crippen LogP contribution in [0.15, 0.2) is 38.2 Å². The van der Waals surface area contributed by atoms with Gasteiger partial charge in [-0.3, -0.25) is 4.98 Å². The van der Waals surface area contributed by atoms with Crippen molar-refractivity contribution >= 4 is 26.0 Å². The van der Waals surface area contributed by atoms with E-state index in [1.807, 2.05) is 19.1 Å². The average Bonchev–Trinajstić information content (AvgIpc) is 2.79. The van der Waals surface area contributed by atoms with Gasteiger partial charge in [0, 0.05) is 11.8 Å². The van der Waals surface area contributed by atoms with Crippen molar-refractivity contribution in [1.29, 1.82) is 0 Å². The van der Waals surface area contributed by atoms with Gasteiger partial charge in [0.25, 0.3) is 0 Å². The standard InChI is InChI=1S/C12H13BrN2O4S/c1-8-3-2-4-9(15-8)6-14-20(17,18)11-5-10(7-16)19-12(11)13/h2-5,14,16H,6-7H2,1H3. The van der Waals surface area contributed by atoms with E-state index < -0.39 is 10.0 Å². The molecule has 2 heterocycles. The number of halogens is 1. The Bertz CT molecular complexity index is 712. The van der Waals surface area contributed by atoms with Gasteiger partial charge in [-0.25, -0.2) is 13.1 Å². The molecule has 0 aromatic carbocycles. The molecule has 0 aliphatic rings. The van der Waals surface area contributed by atoms with E-state index in [4.69, 9.17) is 9.52 Å². The summed E-state index contributed by atoms with van der Waals surface area (Å²) in [4.78, 5) is 4.16. The molecule has 0 bridgehead atoms. The first kappa shape index (κ1) is 15.2. The minimum Gasteiger partial charge on any atom is -0.450 e. The van der Waals surface area contributed by atoms with E-state index in [0.29, 0.717) is 5.69 Å². The van der Waals surface area contributed by atoms with Crippen LogP contribution < -0.4 is 4.72 Å². The minimum absolute atomic E-state index is 0.0470. The lowest BCUT2D eigenvalue weighted by Crippen LogP contribution is -2.23. The number of rotatable bonds is 5. The Morgan fingerprint density at radius 1 is 1.45 bits per heavy atom. The number of aliphatic hydroxyl groups is 1. The number of hydrogen-bond donors (Lipinski definition) is 2. The van der Waals surface area contributed by atoms with Gasteiger partial charge in [0.1, 0.15) is 17.3 Å². The Labute approximate surface area is 125 Å². The summed E-state index contributed by atoms with van der Waals surface area (Å²) in [7, 11) is -3.73. The number of nitrogens with one attached hydrogen (secondary N) is 1. The molecule has 20 heavy (non-hydrogen) atoms. The second-order valence-corrected chi connectivity index (χ2v) is 6.56. The molecule has 0 unspecified atom stereocenters. The van der Waals surface area contributed by atoms with Crippen LogP contribution in [0.1, 0.15) is 17.1 Å². The zero-order valence-corrected chi connectivity index (χ0v) is 13.0. The molecule has 0 saturated carbocycles. The molecule has 0 aliphatic carbocycles. The fourth-order valence-corrected chi connectivity index (χ4v) is 3.60. The first-order valence-electron chi connectivity index (χ1n) is 5.73. The van der Waals surface area contributed by atoms with E-state index in [-0.39, 0.29) is 28.5 Å². The highest BCUT2D eigenvalue weighted by Gasteiger charge is 2.22. The monoisotopic (exact) mass is 360 g/mol. The molecule has 0 spiro atoms. The number of furan rings is 1. The number of hydrogen-bond acceptors (Lipinski definition) is 5. The summed E-state index contributed by atoms with van der Waals surface area (Å²) in [6.45, 7) is 1.54. The maximum Gasteiger partial charge on any atom is 0.245 e. The van der Waals surface area contributed by atoms with Crippen LogP contribution in [0, 0.1) is 6.92 Å². The topological polar surface area (TPSA) is 92.4 Å². The van der Waals surface area contributed by atoms with Crippen LogP contribution >= 0.6 is 15.9 Å². The molecule has 0 aliphatic heterocycles.